The van der Waals surface area contributed by atoms with Gasteiger partial charge in [-0.1, -0.05) is 24.6 Å². The number of carbonyl (C=O) groups excluding carboxylic acids is 1. The van der Waals surface area contributed by atoms with E-state index in [-0.39, 0.29) is 17.0 Å². The summed E-state index contributed by atoms with van der Waals surface area (Å²) in [6.07, 6.45) is 0.492. The summed E-state index contributed by atoms with van der Waals surface area (Å²) in [5.74, 6) is -0.484. The summed E-state index contributed by atoms with van der Waals surface area (Å²) in [4.78, 5) is 22.3. The highest BCUT2D eigenvalue weighted by molar-refractivity contribution is 6.04. The Morgan fingerprint density at radius 2 is 2.04 bits per heavy atom. The van der Waals surface area contributed by atoms with Crippen LogP contribution in [0.1, 0.15) is 34.8 Å². The quantitative estimate of drug-likeness (QED) is 0.500. The molecule has 0 saturated heterocycles. The van der Waals surface area contributed by atoms with Crippen molar-refractivity contribution < 1.29 is 14.8 Å². The molecule has 7 nitrogen and oxygen atoms in total. The number of carbonyl (C=O) groups is 1. The summed E-state index contributed by atoms with van der Waals surface area (Å²) < 4.78 is 0. The van der Waals surface area contributed by atoms with Crippen molar-refractivity contribution in [3.63, 3.8) is 0 Å². The molecule has 0 aliphatic heterocycles. The number of phenolic OH excluding ortho intramolecular Hbond substituents is 1. The third kappa shape index (κ3) is 3.95. The van der Waals surface area contributed by atoms with E-state index in [9.17, 15) is 20.0 Å². The first-order valence-corrected chi connectivity index (χ1v) is 7.33. The van der Waals surface area contributed by atoms with Gasteiger partial charge in [0, 0.05) is 23.3 Å². The summed E-state index contributed by atoms with van der Waals surface area (Å²) in [7, 11) is 0. The standard InChI is InChI=1S/C17H17N3O4/c1-3-15(14-9-11(2)7-8-16(14)21)18-19-17(22)12-5-4-6-13(10-12)20(23)24/h4-10,21H,3H2,1-2H3,(H,19,22)/b18-15+. The second kappa shape index (κ2) is 7.36. The van der Waals surface area contributed by atoms with Gasteiger partial charge >= 0.3 is 0 Å². The van der Waals surface area contributed by atoms with Crippen LogP contribution in [0.3, 0.4) is 0 Å². The van der Waals surface area contributed by atoms with Crippen LogP contribution in [0.15, 0.2) is 47.6 Å². The van der Waals surface area contributed by atoms with Gasteiger partial charge < -0.3 is 5.11 Å². The lowest BCUT2D eigenvalue weighted by Gasteiger charge is -2.08. The molecule has 0 spiro atoms. The fourth-order valence-corrected chi connectivity index (χ4v) is 2.15. The molecule has 0 fully saturated rings. The van der Waals surface area contributed by atoms with E-state index in [0.29, 0.717) is 17.7 Å². The highest BCUT2D eigenvalue weighted by Gasteiger charge is 2.12. The molecule has 0 unspecified atom stereocenters. The van der Waals surface area contributed by atoms with Crippen molar-refractivity contribution in [2.75, 3.05) is 0 Å². The van der Waals surface area contributed by atoms with E-state index >= 15 is 0 Å². The molecule has 2 rings (SSSR count). The fraction of sp³-hybridized carbons (Fsp3) is 0.176. The van der Waals surface area contributed by atoms with E-state index in [1.165, 1.54) is 24.3 Å². The van der Waals surface area contributed by atoms with Gasteiger partial charge in [-0.2, -0.15) is 5.10 Å². The first-order chi connectivity index (χ1) is 11.4. The van der Waals surface area contributed by atoms with Gasteiger partial charge in [0.1, 0.15) is 5.75 Å². The maximum atomic E-state index is 12.1. The monoisotopic (exact) mass is 327 g/mol. The molecule has 0 aromatic heterocycles. The van der Waals surface area contributed by atoms with Gasteiger partial charge in [-0.3, -0.25) is 14.9 Å². The summed E-state index contributed by atoms with van der Waals surface area (Å²) >= 11 is 0. The number of non-ortho nitro benzene ring substituents is 1. The Balaban J connectivity index is 2.24. The largest absolute Gasteiger partial charge is 0.507 e. The highest BCUT2D eigenvalue weighted by Crippen LogP contribution is 2.20. The summed E-state index contributed by atoms with van der Waals surface area (Å²) in [6.45, 7) is 3.73. The topological polar surface area (TPSA) is 105 Å². The van der Waals surface area contributed by atoms with Crippen LogP contribution in [-0.4, -0.2) is 21.6 Å². The molecule has 7 heteroatoms. The lowest BCUT2D eigenvalue weighted by atomic mass is 10.0. The van der Waals surface area contributed by atoms with Crippen LogP contribution in [0, 0.1) is 17.0 Å². The molecule has 24 heavy (non-hydrogen) atoms. The number of nitrogens with one attached hydrogen (secondary N) is 1. The van der Waals surface area contributed by atoms with E-state index in [0.717, 1.165) is 5.56 Å². The molecule has 0 radical (unpaired) electrons. The zero-order valence-electron chi connectivity index (χ0n) is 13.3. The summed E-state index contributed by atoms with van der Waals surface area (Å²) in [5.41, 5.74) is 4.35. The SMILES string of the molecule is CC/C(=N\NC(=O)c1cccc([N+](=O)[O-])c1)c1cc(C)ccc1O. The Kier molecular flexibility index (Phi) is 5.26. The molecule has 2 N–H and O–H groups in total. The average Bonchev–Trinajstić information content (AvgIpc) is 2.58. The Hall–Kier alpha value is -3.22. The molecule has 0 heterocycles. The predicted octanol–water partition coefficient (Wildman–Crippen LogP) is 3.15. The molecule has 0 aliphatic rings. The number of aryl methyl sites for hydroxylation is 1. The highest BCUT2D eigenvalue weighted by atomic mass is 16.6. The van der Waals surface area contributed by atoms with Gasteiger partial charge in [0.2, 0.25) is 0 Å². The van der Waals surface area contributed by atoms with Crippen molar-refractivity contribution in [2.24, 2.45) is 5.10 Å². The van der Waals surface area contributed by atoms with Gasteiger partial charge in [-0.05, 0) is 31.5 Å². The van der Waals surface area contributed by atoms with E-state index in [1.807, 2.05) is 13.8 Å². The number of nitro benzene ring substituents is 1. The molecule has 0 bridgehead atoms. The van der Waals surface area contributed by atoms with Crippen LogP contribution in [0.4, 0.5) is 5.69 Å². The predicted molar refractivity (Wildman–Crippen MR) is 90.2 cm³/mol. The Morgan fingerprint density at radius 3 is 2.71 bits per heavy atom. The van der Waals surface area contributed by atoms with Gasteiger partial charge in [0.05, 0.1) is 10.6 Å². The van der Waals surface area contributed by atoms with Crippen molar-refractivity contribution in [3.05, 3.63) is 69.3 Å². The minimum atomic E-state index is -0.567. The average molecular weight is 327 g/mol. The molecular weight excluding hydrogens is 310 g/mol. The zero-order valence-corrected chi connectivity index (χ0v) is 13.3. The van der Waals surface area contributed by atoms with Gasteiger partial charge in [-0.25, -0.2) is 5.43 Å². The van der Waals surface area contributed by atoms with E-state index < -0.39 is 10.8 Å². The third-order valence-corrected chi connectivity index (χ3v) is 3.41. The van der Waals surface area contributed by atoms with Crippen LogP contribution in [0.25, 0.3) is 0 Å². The first kappa shape index (κ1) is 17.1. The van der Waals surface area contributed by atoms with Crippen LogP contribution in [0.2, 0.25) is 0 Å². The number of amides is 1. The van der Waals surface area contributed by atoms with Gasteiger partial charge in [-0.15, -0.1) is 0 Å². The molecule has 0 aliphatic carbocycles. The number of rotatable bonds is 5. The Bertz CT molecular complexity index is 815. The molecule has 2 aromatic rings. The third-order valence-electron chi connectivity index (χ3n) is 3.41. The van der Waals surface area contributed by atoms with E-state index in [2.05, 4.69) is 10.5 Å². The Labute approximate surface area is 138 Å². The fourth-order valence-electron chi connectivity index (χ4n) is 2.15. The van der Waals surface area contributed by atoms with Crippen LogP contribution >= 0.6 is 0 Å². The minimum Gasteiger partial charge on any atom is -0.507 e. The molecule has 0 saturated carbocycles. The maximum Gasteiger partial charge on any atom is 0.271 e. The molecule has 2 aromatic carbocycles. The summed E-state index contributed by atoms with van der Waals surface area (Å²) in [5, 5.41) is 24.8. The smallest absolute Gasteiger partial charge is 0.271 e. The van der Waals surface area contributed by atoms with Crippen molar-refractivity contribution in [3.8, 4) is 5.75 Å². The Morgan fingerprint density at radius 1 is 1.29 bits per heavy atom. The second-order valence-electron chi connectivity index (χ2n) is 5.18. The number of phenols is 1. The number of hydrazone groups is 1. The van der Waals surface area contributed by atoms with E-state index in [4.69, 9.17) is 0 Å². The number of hydrogen-bond donors (Lipinski definition) is 2. The van der Waals surface area contributed by atoms with Crippen LogP contribution in [-0.2, 0) is 0 Å². The number of nitrogens with zero attached hydrogens (tertiary/aromatic N) is 2. The molecular formula is C17H17N3O4. The van der Waals surface area contributed by atoms with Crippen LogP contribution in [0.5, 0.6) is 5.75 Å². The number of nitro groups is 1. The minimum absolute atomic E-state index is 0.0748. The molecule has 0 atom stereocenters. The zero-order chi connectivity index (χ0) is 17.7. The maximum absolute atomic E-state index is 12.1. The number of hydrogen-bond acceptors (Lipinski definition) is 5. The number of benzene rings is 2. The second-order valence-corrected chi connectivity index (χ2v) is 5.18. The van der Waals surface area contributed by atoms with Crippen LogP contribution < -0.4 is 5.43 Å². The van der Waals surface area contributed by atoms with Crippen molar-refractivity contribution in [1.82, 2.24) is 5.43 Å². The number of aromatic hydroxyl groups is 1. The summed E-state index contributed by atoms with van der Waals surface area (Å²) in [6, 6.07) is 10.5. The molecule has 1 amide bonds. The lowest BCUT2D eigenvalue weighted by Crippen LogP contribution is -2.20. The van der Waals surface area contributed by atoms with Gasteiger partial charge in [0.15, 0.2) is 0 Å². The van der Waals surface area contributed by atoms with E-state index in [1.54, 1.807) is 18.2 Å². The van der Waals surface area contributed by atoms with Gasteiger partial charge in [0.25, 0.3) is 11.6 Å². The van der Waals surface area contributed by atoms with Crippen molar-refractivity contribution >= 4 is 17.3 Å². The lowest BCUT2D eigenvalue weighted by molar-refractivity contribution is -0.384. The normalized spacial score (nSPS) is 11.2. The molecule has 124 valence electrons. The van der Waals surface area contributed by atoms with Crippen molar-refractivity contribution in [2.45, 2.75) is 20.3 Å². The first-order valence-electron chi connectivity index (χ1n) is 7.33. The van der Waals surface area contributed by atoms with Crippen molar-refractivity contribution in [1.29, 1.82) is 0 Å².